The SMILES string of the molecule is C=C(NC(=O)N1CCC2(CC1)C(=O)N(C)CN2c1ccccc1)[C@H](NC(=O)[C@H]1CSCN1C(C)=O)C(=O)OC. The van der Waals surface area contributed by atoms with Crippen LogP contribution in [-0.4, -0.2) is 108 Å². The summed E-state index contributed by atoms with van der Waals surface area (Å²) in [7, 11) is 2.94. The number of methoxy groups -OCH3 is 1. The monoisotopic (exact) mass is 558 g/mol. The molecule has 12 nitrogen and oxygen atoms in total. The van der Waals surface area contributed by atoms with Crippen molar-refractivity contribution in [1.82, 2.24) is 25.3 Å². The zero-order chi connectivity index (χ0) is 28.3. The normalized spacial score (nSPS) is 21.1. The number of thioether (sulfide) groups is 1. The predicted octanol–water partition coefficient (Wildman–Crippen LogP) is 0.560. The molecule has 3 aliphatic heterocycles. The number of hydrogen-bond acceptors (Lipinski definition) is 8. The van der Waals surface area contributed by atoms with E-state index in [-0.39, 0.29) is 17.5 Å². The third-order valence-electron chi connectivity index (χ3n) is 7.49. The Labute approximate surface area is 231 Å². The molecule has 3 fully saturated rings. The molecule has 0 bridgehead atoms. The lowest BCUT2D eigenvalue weighted by Crippen LogP contribution is -2.59. The van der Waals surface area contributed by atoms with Crippen LogP contribution in [0.4, 0.5) is 10.5 Å². The third kappa shape index (κ3) is 5.54. The maximum Gasteiger partial charge on any atom is 0.334 e. The van der Waals surface area contributed by atoms with Gasteiger partial charge in [-0.1, -0.05) is 24.8 Å². The van der Waals surface area contributed by atoms with Gasteiger partial charge in [0.25, 0.3) is 0 Å². The molecule has 0 unspecified atom stereocenters. The van der Waals surface area contributed by atoms with E-state index >= 15 is 0 Å². The molecule has 1 spiro atoms. The number of amides is 5. The number of anilines is 1. The van der Waals surface area contributed by atoms with Crippen LogP contribution in [0.5, 0.6) is 0 Å². The van der Waals surface area contributed by atoms with Crippen LogP contribution in [0.15, 0.2) is 42.6 Å². The van der Waals surface area contributed by atoms with E-state index in [9.17, 15) is 24.0 Å². The topological polar surface area (TPSA) is 132 Å². The van der Waals surface area contributed by atoms with E-state index in [2.05, 4.69) is 22.1 Å². The van der Waals surface area contributed by atoms with Gasteiger partial charge >= 0.3 is 12.0 Å². The maximum absolute atomic E-state index is 13.2. The van der Waals surface area contributed by atoms with Gasteiger partial charge in [0.05, 0.1) is 19.7 Å². The Balaban J connectivity index is 1.40. The zero-order valence-corrected chi connectivity index (χ0v) is 23.2. The largest absolute Gasteiger partial charge is 0.467 e. The summed E-state index contributed by atoms with van der Waals surface area (Å²) in [5.41, 5.74) is 0.152. The van der Waals surface area contributed by atoms with Crippen molar-refractivity contribution in [2.75, 3.05) is 50.4 Å². The van der Waals surface area contributed by atoms with Crippen LogP contribution in [0.3, 0.4) is 0 Å². The number of para-hydroxylation sites is 1. The van der Waals surface area contributed by atoms with E-state index in [1.165, 1.54) is 30.7 Å². The van der Waals surface area contributed by atoms with E-state index < -0.39 is 35.5 Å². The van der Waals surface area contributed by atoms with Gasteiger partial charge in [-0.25, -0.2) is 9.59 Å². The van der Waals surface area contributed by atoms with Gasteiger partial charge in [-0.3, -0.25) is 14.4 Å². The average Bonchev–Trinajstić information content (AvgIpc) is 3.52. The minimum absolute atomic E-state index is 0.0222. The number of urea groups is 1. The molecule has 0 radical (unpaired) electrons. The highest BCUT2D eigenvalue weighted by Gasteiger charge is 2.53. The maximum atomic E-state index is 13.2. The van der Waals surface area contributed by atoms with Crippen LogP contribution in [-0.2, 0) is 23.9 Å². The molecule has 3 heterocycles. The highest BCUT2D eigenvalue weighted by molar-refractivity contribution is 7.99. The standard InChI is InChI=1S/C26H34N6O6S/c1-17(21(23(35)38-4)28-22(34)20-14-39-16-31(20)18(2)33)27-25(37)30-12-10-26(11-13-30)24(36)29(3)15-32(26)19-8-6-5-7-9-19/h5-9,20-21H,1,10-16H2,2-4H3,(H,27,37)(H,28,34)/t20-,21+/m1/s1. The molecule has 1 aromatic carbocycles. The first-order valence-corrected chi connectivity index (χ1v) is 13.8. The van der Waals surface area contributed by atoms with Crippen molar-refractivity contribution in [3.05, 3.63) is 42.6 Å². The minimum atomic E-state index is -1.33. The molecule has 4 rings (SSSR count). The molecule has 1 aromatic rings. The molecule has 3 saturated heterocycles. The molecular formula is C26H34N6O6S. The number of piperidine rings is 1. The summed E-state index contributed by atoms with van der Waals surface area (Å²) in [5, 5.41) is 5.19. The number of rotatable bonds is 6. The number of nitrogens with one attached hydrogen (secondary N) is 2. The van der Waals surface area contributed by atoms with Crippen molar-refractivity contribution >= 4 is 47.2 Å². The van der Waals surface area contributed by atoms with E-state index in [1.54, 1.807) is 16.8 Å². The molecule has 210 valence electrons. The van der Waals surface area contributed by atoms with Gasteiger partial charge in [-0.05, 0) is 25.0 Å². The quantitative estimate of drug-likeness (QED) is 0.485. The van der Waals surface area contributed by atoms with E-state index in [4.69, 9.17) is 4.74 Å². The van der Waals surface area contributed by atoms with Crippen LogP contribution in [0.25, 0.3) is 0 Å². The van der Waals surface area contributed by atoms with Crippen LogP contribution < -0.4 is 15.5 Å². The highest BCUT2D eigenvalue weighted by atomic mass is 32.2. The van der Waals surface area contributed by atoms with Gasteiger partial charge in [0.1, 0.15) is 11.6 Å². The van der Waals surface area contributed by atoms with Crippen LogP contribution in [0, 0.1) is 0 Å². The van der Waals surface area contributed by atoms with Crippen molar-refractivity contribution in [2.45, 2.75) is 37.4 Å². The van der Waals surface area contributed by atoms with Crippen LogP contribution >= 0.6 is 11.8 Å². The lowest BCUT2D eigenvalue weighted by atomic mass is 9.85. The highest BCUT2D eigenvalue weighted by Crippen LogP contribution is 2.39. The summed E-state index contributed by atoms with van der Waals surface area (Å²) in [6.07, 6.45) is 0.866. The Morgan fingerprint density at radius 3 is 2.44 bits per heavy atom. The fourth-order valence-electron chi connectivity index (χ4n) is 5.29. The van der Waals surface area contributed by atoms with Gasteiger partial charge in [0.2, 0.25) is 17.7 Å². The van der Waals surface area contributed by atoms with Crippen molar-refractivity contribution in [1.29, 1.82) is 0 Å². The molecule has 3 aliphatic rings. The molecule has 0 saturated carbocycles. The average molecular weight is 559 g/mol. The fourth-order valence-corrected chi connectivity index (χ4v) is 6.50. The summed E-state index contributed by atoms with van der Waals surface area (Å²) >= 11 is 1.43. The van der Waals surface area contributed by atoms with Crippen molar-refractivity contribution in [3.8, 4) is 0 Å². The van der Waals surface area contributed by atoms with Gasteiger partial charge < -0.3 is 35.0 Å². The summed E-state index contributed by atoms with van der Waals surface area (Å²) in [4.78, 5) is 70.4. The van der Waals surface area contributed by atoms with Gasteiger partial charge in [-0.15, -0.1) is 11.8 Å². The number of nitrogens with zero attached hydrogens (tertiary/aromatic N) is 4. The lowest BCUT2D eigenvalue weighted by Gasteiger charge is -2.43. The Kier molecular flexibility index (Phi) is 8.38. The second-order valence-electron chi connectivity index (χ2n) is 9.85. The van der Waals surface area contributed by atoms with Gasteiger partial charge in [0, 0.05) is 44.2 Å². The molecule has 39 heavy (non-hydrogen) atoms. The first kappa shape index (κ1) is 28.3. The third-order valence-corrected chi connectivity index (χ3v) is 8.50. The Morgan fingerprint density at radius 2 is 1.82 bits per heavy atom. The second-order valence-corrected chi connectivity index (χ2v) is 10.9. The predicted molar refractivity (Wildman–Crippen MR) is 145 cm³/mol. The number of likely N-dealkylation sites (tertiary alicyclic amines) is 1. The Morgan fingerprint density at radius 1 is 1.15 bits per heavy atom. The molecular weight excluding hydrogens is 524 g/mol. The Hall–Kier alpha value is -3.74. The van der Waals surface area contributed by atoms with Gasteiger partial charge in [0.15, 0.2) is 6.04 Å². The number of likely N-dealkylation sites (N-methyl/N-ethyl adjacent to an activating group) is 1. The number of esters is 1. The molecule has 0 aliphatic carbocycles. The smallest absolute Gasteiger partial charge is 0.334 e. The molecule has 0 aromatic heterocycles. The number of benzene rings is 1. The molecule has 2 N–H and O–H groups in total. The number of carbonyl (C=O) groups excluding carboxylic acids is 5. The van der Waals surface area contributed by atoms with E-state index in [0.717, 1.165) is 5.69 Å². The summed E-state index contributed by atoms with van der Waals surface area (Å²) in [6, 6.07) is 7.16. The number of hydrogen-bond donors (Lipinski definition) is 2. The first-order chi connectivity index (χ1) is 18.6. The van der Waals surface area contributed by atoms with E-state index in [1.807, 2.05) is 30.3 Å². The fraction of sp³-hybridized carbons (Fsp3) is 0.500. The first-order valence-electron chi connectivity index (χ1n) is 12.6. The number of ether oxygens (including phenoxy) is 1. The summed E-state index contributed by atoms with van der Waals surface area (Å²) < 4.78 is 4.82. The van der Waals surface area contributed by atoms with Crippen LogP contribution in [0.1, 0.15) is 19.8 Å². The molecule has 5 amide bonds. The van der Waals surface area contributed by atoms with E-state index in [0.29, 0.717) is 44.2 Å². The summed E-state index contributed by atoms with van der Waals surface area (Å²) in [5.74, 6) is -0.793. The Bertz CT molecular complexity index is 1150. The summed E-state index contributed by atoms with van der Waals surface area (Å²) in [6.45, 7) is 6.27. The molecule has 13 heteroatoms. The molecule has 2 atom stereocenters. The van der Waals surface area contributed by atoms with Crippen molar-refractivity contribution in [3.63, 3.8) is 0 Å². The second kappa shape index (κ2) is 11.6. The number of carbonyl (C=O) groups is 5. The van der Waals surface area contributed by atoms with Crippen molar-refractivity contribution < 1.29 is 28.7 Å². The lowest BCUT2D eigenvalue weighted by molar-refractivity contribution is -0.145. The van der Waals surface area contributed by atoms with Crippen molar-refractivity contribution in [2.24, 2.45) is 0 Å². The van der Waals surface area contributed by atoms with Gasteiger partial charge in [-0.2, -0.15) is 0 Å². The zero-order valence-electron chi connectivity index (χ0n) is 22.3. The minimum Gasteiger partial charge on any atom is -0.467 e. The van der Waals surface area contributed by atoms with Crippen LogP contribution in [0.2, 0.25) is 0 Å².